The van der Waals surface area contributed by atoms with E-state index >= 15 is 0 Å². The van der Waals surface area contributed by atoms with Gasteiger partial charge < -0.3 is 0 Å². The first-order chi connectivity index (χ1) is 9.55. The number of hydrogen-bond donors (Lipinski definition) is 0. The van der Waals surface area contributed by atoms with E-state index in [0.29, 0.717) is 18.8 Å². The van der Waals surface area contributed by atoms with E-state index in [1.54, 1.807) is 4.90 Å². The fourth-order valence-corrected chi connectivity index (χ4v) is 2.52. The largest absolute Gasteiger partial charge is 0.295 e. The predicted octanol–water partition coefficient (Wildman–Crippen LogP) is 2.91. The fourth-order valence-electron chi connectivity index (χ4n) is 2.52. The maximum Gasteiger partial charge on any atom is 0.228 e. The summed E-state index contributed by atoms with van der Waals surface area (Å²) in [6.07, 6.45) is 0.565. The van der Waals surface area contributed by atoms with Gasteiger partial charge in [0.1, 0.15) is 0 Å². The Balaban J connectivity index is 1.86. The number of carbonyl (C=O) groups excluding carboxylic acids is 1. The highest BCUT2D eigenvalue weighted by atomic mass is 16.2. The van der Waals surface area contributed by atoms with Gasteiger partial charge in [-0.05, 0) is 17.5 Å². The number of benzene rings is 1. The highest BCUT2D eigenvalue weighted by Gasteiger charge is 2.37. The van der Waals surface area contributed by atoms with Gasteiger partial charge in [0.05, 0.1) is 5.69 Å². The standard InChI is InChI=1S/C16H17N3O/c1-16(2)10-15(20)19(11-16)14-9-8-13(17-18-14)12-6-4-3-5-7-12/h3-9H,10-11H2,1-2H3. The number of anilines is 1. The molecule has 0 saturated carbocycles. The smallest absolute Gasteiger partial charge is 0.228 e. The van der Waals surface area contributed by atoms with Crippen molar-refractivity contribution in [3.05, 3.63) is 42.5 Å². The van der Waals surface area contributed by atoms with E-state index in [2.05, 4.69) is 24.0 Å². The zero-order valence-electron chi connectivity index (χ0n) is 11.7. The van der Waals surface area contributed by atoms with E-state index in [1.807, 2.05) is 42.5 Å². The van der Waals surface area contributed by atoms with Crippen LogP contribution in [0.1, 0.15) is 20.3 Å². The normalized spacial score (nSPS) is 17.5. The lowest BCUT2D eigenvalue weighted by Crippen LogP contribution is -2.27. The molecule has 2 aromatic rings. The molecule has 0 spiro atoms. The van der Waals surface area contributed by atoms with Crippen LogP contribution in [0.3, 0.4) is 0 Å². The molecule has 0 unspecified atom stereocenters. The highest BCUT2D eigenvalue weighted by Crippen LogP contribution is 2.32. The van der Waals surface area contributed by atoms with Crippen molar-refractivity contribution in [3.8, 4) is 11.3 Å². The third-order valence-corrected chi connectivity index (χ3v) is 3.51. The molecule has 102 valence electrons. The van der Waals surface area contributed by atoms with Crippen molar-refractivity contribution in [2.24, 2.45) is 5.41 Å². The van der Waals surface area contributed by atoms with Crippen LogP contribution >= 0.6 is 0 Å². The summed E-state index contributed by atoms with van der Waals surface area (Å²) in [5.41, 5.74) is 1.86. The molecule has 1 aromatic carbocycles. The first-order valence-electron chi connectivity index (χ1n) is 6.75. The second-order valence-corrected chi connectivity index (χ2v) is 5.96. The fraction of sp³-hybridized carbons (Fsp3) is 0.312. The van der Waals surface area contributed by atoms with Gasteiger partial charge in [-0.3, -0.25) is 9.69 Å². The molecule has 0 N–H and O–H groups in total. The Labute approximate surface area is 118 Å². The van der Waals surface area contributed by atoms with Gasteiger partial charge in [-0.15, -0.1) is 10.2 Å². The van der Waals surface area contributed by atoms with Crippen LogP contribution in [0.2, 0.25) is 0 Å². The average Bonchev–Trinajstić information content (AvgIpc) is 2.73. The summed E-state index contributed by atoms with van der Waals surface area (Å²) < 4.78 is 0. The van der Waals surface area contributed by atoms with E-state index in [0.717, 1.165) is 11.3 Å². The van der Waals surface area contributed by atoms with Crippen LogP contribution in [0, 0.1) is 5.41 Å². The molecular formula is C16H17N3O. The maximum absolute atomic E-state index is 12.0. The second kappa shape index (κ2) is 4.71. The van der Waals surface area contributed by atoms with E-state index in [1.165, 1.54) is 0 Å². The van der Waals surface area contributed by atoms with Gasteiger partial charge >= 0.3 is 0 Å². The van der Waals surface area contributed by atoms with E-state index in [4.69, 9.17) is 0 Å². The van der Waals surface area contributed by atoms with Crippen molar-refractivity contribution < 1.29 is 4.79 Å². The summed E-state index contributed by atoms with van der Waals surface area (Å²) in [5.74, 6) is 0.761. The zero-order chi connectivity index (χ0) is 14.2. The first kappa shape index (κ1) is 12.8. The zero-order valence-corrected chi connectivity index (χ0v) is 11.7. The number of hydrogen-bond acceptors (Lipinski definition) is 3. The van der Waals surface area contributed by atoms with Crippen LogP contribution in [0.15, 0.2) is 42.5 Å². The van der Waals surface area contributed by atoms with Crippen molar-refractivity contribution in [2.75, 3.05) is 11.4 Å². The molecule has 0 radical (unpaired) electrons. The summed E-state index contributed by atoms with van der Waals surface area (Å²) in [7, 11) is 0. The molecule has 1 fully saturated rings. The molecule has 4 heteroatoms. The molecule has 0 aliphatic carbocycles. The molecule has 1 amide bonds. The topological polar surface area (TPSA) is 46.1 Å². The lowest BCUT2D eigenvalue weighted by molar-refractivity contribution is -0.117. The first-order valence-corrected chi connectivity index (χ1v) is 6.75. The molecule has 2 heterocycles. The minimum absolute atomic E-state index is 0.0108. The molecule has 0 atom stereocenters. The maximum atomic E-state index is 12.0. The Morgan fingerprint density at radius 2 is 1.80 bits per heavy atom. The van der Waals surface area contributed by atoms with Gasteiger partial charge in [0.15, 0.2) is 5.82 Å². The molecule has 1 aliphatic rings. The van der Waals surface area contributed by atoms with Crippen molar-refractivity contribution in [3.63, 3.8) is 0 Å². The van der Waals surface area contributed by atoms with Crippen molar-refractivity contribution in [2.45, 2.75) is 20.3 Å². The Morgan fingerprint density at radius 1 is 1.05 bits per heavy atom. The molecule has 20 heavy (non-hydrogen) atoms. The molecule has 3 rings (SSSR count). The van der Waals surface area contributed by atoms with Crippen LogP contribution in [-0.2, 0) is 4.79 Å². The van der Waals surface area contributed by atoms with Gasteiger partial charge in [0.2, 0.25) is 5.91 Å². The number of aromatic nitrogens is 2. The van der Waals surface area contributed by atoms with Gasteiger partial charge in [-0.2, -0.15) is 0 Å². The van der Waals surface area contributed by atoms with E-state index in [-0.39, 0.29) is 11.3 Å². The third kappa shape index (κ3) is 2.41. The summed E-state index contributed by atoms with van der Waals surface area (Å²) in [5, 5.41) is 8.44. The molecule has 0 bridgehead atoms. The summed E-state index contributed by atoms with van der Waals surface area (Å²) in [6.45, 7) is 4.89. The number of amides is 1. The molecule has 4 nitrogen and oxygen atoms in total. The minimum atomic E-state index is 0.0108. The van der Waals surface area contributed by atoms with E-state index < -0.39 is 0 Å². The van der Waals surface area contributed by atoms with Gasteiger partial charge in [0.25, 0.3) is 0 Å². The summed E-state index contributed by atoms with van der Waals surface area (Å²) >= 11 is 0. The summed E-state index contributed by atoms with van der Waals surface area (Å²) in [4.78, 5) is 13.7. The second-order valence-electron chi connectivity index (χ2n) is 5.96. The van der Waals surface area contributed by atoms with Crippen molar-refractivity contribution in [1.82, 2.24) is 10.2 Å². The molecule has 1 aromatic heterocycles. The Morgan fingerprint density at radius 3 is 2.35 bits per heavy atom. The number of nitrogens with zero attached hydrogens (tertiary/aromatic N) is 3. The van der Waals surface area contributed by atoms with E-state index in [9.17, 15) is 4.79 Å². The average molecular weight is 267 g/mol. The Hall–Kier alpha value is -2.23. The predicted molar refractivity (Wildman–Crippen MR) is 78.2 cm³/mol. The van der Waals surface area contributed by atoms with Gasteiger partial charge in [-0.25, -0.2) is 0 Å². The van der Waals surface area contributed by atoms with Crippen LogP contribution in [0.5, 0.6) is 0 Å². The van der Waals surface area contributed by atoms with Crippen LogP contribution in [0.4, 0.5) is 5.82 Å². The van der Waals surface area contributed by atoms with Gasteiger partial charge in [0, 0.05) is 18.5 Å². The Bertz CT molecular complexity index is 620. The summed E-state index contributed by atoms with van der Waals surface area (Å²) in [6, 6.07) is 13.7. The van der Waals surface area contributed by atoms with Crippen LogP contribution in [0.25, 0.3) is 11.3 Å². The molecular weight excluding hydrogens is 250 g/mol. The lowest BCUT2D eigenvalue weighted by atomic mass is 9.93. The van der Waals surface area contributed by atoms with Crippen molar-refractivity contribution >= 4 is 11.7 Å². The number of carbonyl (C=O) groups is 1. The Kier molecular flexibility index (Phi) is 3.01. The van der Waals surface area contributed by atoms with Crippen LogP contribution in [-0.4, -0.2) is 22.6 Å². The van der Waals surface area contributed by atoms with Crippen molar-refractivity contribution in [1.29, 1.82) is 0 Å². The third-order valence-electron chi connectivity index (χ3n) is 3.51. The van der Waals surface area contributed by atoms with Crippen LogP contribution < -0.4 is 4.90 Å². The monoisotopic (exact) mass is 267 g/mol. The minimum Gasteiger partial charge on any atom is -0.295 e. The molecule has 1 saturated heterocycles. The SMILES string of the molecule is CC1(C)CC(=O)N(c2ccc(-c3ccccc3)nn2)C1. The lowest BCUT2D eigenvalue weighted by Gasteiger charge is -2.18. The highest BCUT2D eigenvalue weighted by molar-refractivity contribution is 5.95. The quantitative estimate of drug-likeness (QED) is 0.840. The molecule has 1 aliphatic heterocycles. The number of rotatable bonds is 2. The van der Waals surface area contributed by atoms with Gasteiger partial charge in [-0.1, -0.05) is 44.2 Å².